The lowest BCUT2D eigenvalue weighted by Crippen LogP contribution is -2.32. The normalized spacial score (nSPS) is 13.0. The van der Waals surface area contributed by atoms with E-state index in [2.05, 4.69) is 38.2 Å². The fourth-order valence-corrected chi connectivity index (χ4v) is 2.04. The van der Waals surface area contributed by atoms with Crippen LogP contribution in [0.25, 0.3) is 0 Å². The summed E-state index contributed by atoms with van der Waals surface area (Å²) in [4.78, 5) is 12.1. The van der Waals surface area contributed by atoms with Crippen LogP contribution in [-0.4, -0.2) is 32.8 Å². The molecule has 1 aromatic rings. The first-order chi connectivity index (χ1) is 9.90. The van der Waals surface area contributed by atoms with Crippen molar-refractivity contribution in [3.8, 4) is 0 Å². The van der Waals surface area contributed by atoms with Gasteiger partial charge in [0.15, 0.2) is 0 Å². The zero-order valence-corrected chi connectivity index (χ0v) is 13.7. The zero-order valence-electron chi connectivity index (χ0n) is 13.7. The van der Waals surface area contributed by atoms with Crippen molar-refractivity contribution in [2.45, 2.75) is 39.2 Å². The zero-order chi connectivity index (χ0) is 15.9. The minimum absolute atomic E-state index is 0.0986. The van der Waals surface area contributed by atoms with Crippen LogP contribution in [-0.2, 0) is 19.7 Å². The molecular formula is C17H27NO3. The molecule has 0 aliphatic heterocycles. The maximum Gasteiger partial charge on any atom is 0.327 e. The van der Waals surface area contributed by atoms with Gasteiger partial charge in [0.25, 0.3) is 0 Å². The molecule has 4 nitrogen and oxygen atoms in total. The summed E-state index contributed by atoms with van der Waals surface area (Å²) in [6.45, 7) is 9.84. The minimum Gasteiger partial charge on any atom is -0.465 e. The Balaban J connectivity index is 2.89. The first-order valence-electron chi connectivity index (χ1n) is 7.39. The van der Waals surface area contributed by atoms with Crippen molar-refractivity contribution >= 4 is 5.97 Å². The summed E-state index contributed by atoms with van der Waals surface area (Å²) >= 11 is 0. The Bertz CT molecular complexity index is 434. The fraction of sp³-hybridized carbons (Fsp3) is 0.588. The molecule has 1 N–H and O–H groups in total. The van der Waals surface area contributed by atoms with Crippen LogP contribution < -0.4 is 5.32 Å². The Morgan fingerprint density at radius 2 is 1.86 bits per heavy atom. The molecule has 1 atom stereocenters. The molecule has 0 radical (unpaired) electrons. The van der Waals surface area contributed by atoms with Gasteiger partial charge in [-0.15, -0.1) is 0 Å². The predicted octanol–water partition coefficient (Wildman–Crippen LogP) is 2.82. The lowest BCUT2D eigenvalue weighted by molar-refractivity contribution is -0.145. The van der Waals surface area contributed by atoms with Gasteiger partial charge in [-0.1, -0.05) is 45.0 Å². The van der Waals surface area contributed by atoms with E-state index in [1.54, 1.807) is 7.11 Å². The third kappa shape index (κ3) is 5.48. The summed E-state index contributed by atoms with van der Waals surface area (Å²) < 4.78 is 10.2. The maximum atomic E-state index is 12.1. The second kappa shape index (κ2) is 8.15. The highest BCUT2D eigenvalue weighted by Gasteiger charge is 2.22. The van der Waals surface area contributed by atoms with Gasteiger partial charge in [-0.25, -0.2) is 4.79 Å². The van der Waals surface area contributed by atoms with E-state index in [0.29, 0.717) is 19.8 Å². The molecule has 0 spiro atoms. The molecule has 1 aromatic carbocycles. The Morgan fingerprint density at radius 3 is 2.33 bits per heavy atom. The largest absolute Gasteiger partial charge is 0.465 e. The standard InChI is InChI=1S/C17H27NO3/c1-6-21-16(19)15(18-11-12-20-5)13-7-9-14(10-8-13)17(2,3)4/h7-10,15,18H,6,11-12H2,1-5H3. The molecule has 0 aliphatic carbocycles. The average Bonchev–Trinajstić information content (AvgIpc) is 2.43. The molecule has 1 rings (SSSR count). The van der Waals surface area contributed by atoms with Crippen molar-refractivity contribution in [2.24, 2.45) is 0 Å². The third-order valence-electron chi connectivity index (χ3n) is 3.29. The maximum absolute atomic E-state index is 12.1. The monoisotopic (exact) mass is 293 g/mol. The number of carbonyl (C=O) groups excluding carboxylic acids is 1. The second-order valence-corrected chi connectivity index (χ2v) is 6.00. The molecule has 21 heavy (non-hydrogen) atoms. The summed E-state index contributed by atoms with van der Waals surface area (Å²) in [7, 11) is 1.64. The molecule has 0 fully saturated rings. The number of nitrogens with one attached hydrogen (secondary N) is 1. The molecule has 0 aromatic heterocycles. The highest BCUT2D eigenvalue weighted by molar-refractivity contribution is 5.77. The Kier molecular flexibility index (Phi) is 6.85. The van der Waals surface area contributed by atoms with Crippen molar-refractivity contribution in [1.82, 2.24) is 5.32 Å². The van der Waals surface area contributed by atoms with E-state index in [4.69, 9.17) is 9.47 Å². The van der Waals surface area contributed by atoms with Gasteiger partial charge in [-0.2, -0.15) is 0 Å². The highest BCUT2D eigenvalue weighted by Crippen LogP contribution is 2.24. The van der Waals surface area contributed by atoms with E-state index in [1.807, 2.05) is 19.1 Å². The molecule has 0 amide bonds. The van der Waals surface area contributed by atoms with Crippen molar-refractivity contribution in [3.05, 3.63) is 35.4 Å². The molecular weight excluding hydrogens is 266 g/mol. The number of benzene rings is 1. The van der Waals surface area contributed by atoms with Crippen LogP contribution in [0, 0.1) is 0 Å². The van der Waals surface area contributed by atoms with Crippen LogP contribution in [0.2, 0.25) is 0 Å². The van der Waals surface area contributed by atoms with Gasteiger partial charge in [-0.05, 0) is 23.5 Å². The number of ether oxygens (including phenoxy) is 2. The highest BCUT2D eigenvalue weighted by atomic mass is 16.5. The van der Waals surface area contributed by atoms with Crippen LogP contribution in [0.3, 0.4) is 0 Å². The molecule has 118 valence electrons. The number of methoxy groups -OCH3 is 1. The van der Waals surface area contributed by atoms with Gasteiger partial charge >= 0.3 is 5.97 Å². The van der Waals surface area contributed by atoms with Gasteiger partial charge in [0.05, 0.1) is 13.2 Å². The SMILES string of the molecule is CCOC(=O)C(NCCOC)c1ccc(C(C)(C)C)cc1. The van der Waals surface area contributed by atoms with E-state index in [1.165, 1.54) is 5.56 Å². The van der Waals surface area contributed by atoms with Gasteiger partial charge in [0, 0.05) is 13.7 Å². The van der Waals surface area contributed by atoms with Crippen molar-refractivity contribution in [2.75, 3.05) is 26.9 Å². The first-order valence-corrected chi connectivity index (χ1v) is 7.39. The van der Waals surface area contributed by atoms with Crippen LogP contribution in [0.1, 0.15) is 44.9 Å². The van der Waals surface area contributed by atoms with E-state index in [-0.39, 0.29) is 11.4 Å². The summed E-state index contributed by atoms with van der Waals surface area (Å²) in [5.74, 6) is -0.253. The van der Waals surface area contributed by atoms with Gasteiger partial charge < -0.3 is 9.47 Å². The summed E-state index contributed by atoms with van der Waals surface area (Å²) in [5, 5.41) is 3.18. The molecule has 0 heterocycles. The third-order valence-corrected chi connectivity index (χ3v) is 3.29. The Labute approximate surface area is 127 Å². The topological polar surface area (TPSA) is 47.6 Å². The minimum atomic E-state index is -0.450. The molecule has 4 heteroatoms. The Morgan fingerprint density at radius 1 is 1.24 bits per heavy atom. The number of esters is 1. The van der Waals surface area contributed by atoms with Gasteiger partial charge in [0.1, 0.15) is 6.04 Å². The molecule has 0 saturated heterocycles. The second-order valence-electron chi connectivity index (χ2n) is 6.00. The molecule has 0 saturated carbocycles. The lowest BCUT2D eigenvalue weighted by atomic mass is 9.86. The van der Waals surface area contributed by atoms with E-state index in [0.717, 1.165) is 5.56 Å². The first kappa shape index (κ1) is 17.7. The van der Waals surface area contributed by atoms with E-state index in [9.17, 15) is 4.79 Å². The van der Waals surface area contributed by atoms with Crippen LogP contribution in [0.5, 0.6) is 0 Å². The molecule has 1 unspecified atom stereocenters. The molecule has 0 aliphatic rings. The fourth-order valence-electron chi connectivity index (χ4n) is 2.04. The van der Waals surface area contributed by atoms with Gasteiger partial charge in [-0.3, -0.25) is 5.32 Å². The number of carbonyl (C=O) groups is 1. The van der Waals surface area contributed by atoms with E-state index < -0.39 is 6.04 Å². The molecule has 0 bridgehead atoms. The van der Waals surface area contributed by atoms with Crippen LogP contribution in [0.4, 0.5) is 0 Å². The van der Waals surface area contributed by atoms with Crippen LogP contribution in [0.15, 0.2) is 24.3 Å². The summed E-state index contributed by atoms with van der Waals surface area (Å²) in [6.07, 6.45) is 0. The van der Waals surface area contributed by atoms with Crippen molar-refractivity contribution < 1.29 is 14.3 Å². The number of rotatable bonds is 7. The summed E-state index contributed by atoms with van der Waals surface area (Å²) in [6, 6.07) is 7.66. The van der Waals surface area contributed by atoms with E-state index >= 15 is 0 Å². The summed E-state index contributed by atoms with van der Waals surface area (Å²) in [5.41, 5.74) is 2.25. The quantitative estimate of drug-likeness (QED) is 0.620. The number of hydrogen-bond donors (Lipinski definition) is 1. The lowest BCUT2D eigenvalue weighted by Gasteiger charge is -2.21. The van der Waals surface area contributed by atoms with Crippen molar-refractivity contribution in [1.29, 1.82) is 0 Å². The van der Waals surface area contributed by atoms with Crippen molar-refractivity contribution in [3.63, 3.8) is 0 Å². The Hall–Kier alpha value is -1.39. The number of hydrogen-bond acceptors (Lipinski definition) is 4. The van der Waals surface area contributed by atoms with Crippen LogP contribution >= 0.6 is 0 Å². The smallest absolute Gasteiger partial charge is 0.327 e. The average molecular weight is 293 g/mol. The van der Waals surface area contributed by atoms with Gasteiger partial charge in [0.2, 0.25) is 0 Å². The predicted molar refractivity (Wildman–Crippen MR) is 84.4 cm³/mol.